The van der Waals surface area contributed by atoms with Crippen molar-refractivity contribution in [1.29, 1.82) is 0 Å². The van der Waals surface area contributed by atoms with Crippen molar-refractivity contribution in [2.75, 3.05) is 0 Å². The first-order valence-electron chi connectivity index (χ1n) is 3.26. The largest absolute Gasteiger partial charge is 0.273 e. The van der Waals surface area contributed by atoms with Gasteiger partial charge in [-0.15, -0.1) is 4.91 Å². The van der Waals surface area contributed by atoms with Gasteiger partial charge in [-0.3, -0.25) is 4.79 Å². The second-order valence-electron chi connectivity index (χ2n) is 2.20. The quantitative estimate of drug-likeness (QED) is 0.443. The minimum absolute atomic E-state index is 0.0880. The molecule has 0 aromatic heterocycles. The molecule has 4 heteroatoms. The molecule has 0 saturated heterocycles. The lowest BCUT2D eigenvalue weighted by Gasteiger charge is -2.16. The number of nitroso groups, excluding NO2 is 1. The van der Waals surface area contributed by atoms with Gasteiger partial charge in [-0.1, -0.05) is 6.92 Å². The van der Waals surface area contributed by atoms with E-state index in [4.69, 9.17) is 0 Å². The lowest BCUT2D eigenvalue weighted by molar-refractivity contribution is -0.131. The maximum Gasteiger partial charge on any atom is 0.242 e. The maximum absolute atomic E-state index is 10.6. The van der Waals surface area contributed by atoms with Gasteiger partial charge in [-0.2, -0.15) is 5.01 Å². The van der Waals surface area contributed by atoms with Gasteiger partial charge in [0.15, 0.2) is 0 Å². The summed E-state index contributed by atoms with van der Waals surface area (Å²) in [7, 11) is 0. The van der Waals surface area contributed by atoms with Crippen molar-refractivity contribution in [3.63, 3.8) is 0 Å². The monoisotopic (exact) mass is 144 g/mol. The molecule has 0 radical (unpaired) electrons. The lowest BCUT2D eigenvalue weighted by Crippen LogP contribution is -2.31. The van der Waals surface area contributed by atoms with Crippen LogP contribution in [0.15, 0.2) is 5.29 Å². The van der Waals surface area contributed by atoms with Crippen LogP contribution in [0, 0.1) is 4.91 Å². The molecule has 1 unspecified atom stereocenters. The van der Waals surface area contributed by atoms with E-state index in [2.05, 4.69) is 5.29 Å². The highest BCUT2D eigenvalue weighted by molar-refractivity contribution is 5.73. The van der Waals surface area contributed by atoms with Gasteiger partial charge in [-0.05, 0) is 13.3 Å². The van der Waals surface area contributed by atoms with E-state index in [0.717, 1.165) is 11.4 Å². The fourth-order valence-corrected chi connectivity index (χ4v) is 0.621. The normalized spacial score (nSPS) is 12.3. The van der Waals surface area contributed by atoms with Crippen LogP contribution in [0.5, 0.6) is 0 Å². The summed E-state index contributed by atoms with van der Waals surface area (Å²) in [6.07, 6.45) is 0.741. The molecule has 0 aliphatic carbocycles. The highest BCUT2D eigenvalue weighted by atomic mass is 16.3. The zero-order valence-electron chi connectivity index (χ0n) is 6.50. The Morgan fingerprint density at radius 1 is 1.70 bits per heavy atom. The van der Waals surface area contributed by atoms with Gasteiger partial charge in [0, 0.05) is 6.92 Å². The fourth-order valence-electron chi connectivity index (χ4n) is 0.621. The molecular weight excluding hydrogens is 132 g/mol. The molecule has 1 amide bonds. The van der Waals surface area contributed by atoms with Crippen molar-refractivity contribution >= 4 is 5.91 Å². The van der Waals surface area contributed by atoms with Crippen LogP contribution in [0.3, 0.4) is 0 Å². The number of amides is 1. The molecule has 0 rings (SSSR count). The number of rotatable bonds is 3. The van der Waals surface area contributed by atoms with Gasteiger partial charge in [0.2, 0.25) is 5.91 Å². The van der Waals surface area contributed by atoms with Gasteiger partial charge in [0.25, 0.3) is 0 Å². The molecule has 10 heavy (non-hydrogen) atoms. The van der Waals surface area contributed by atoms with Crippen molar-refractivity contribution in [1.82, 2.24) is 5.01 Å². The summed E-state index contributed by atoms with van der Waals surface area (Å²) in [6.45, 7) is 5.00. The van der Waals surface area contributed by atoms with Crippen LogP contribution >= 0.6 is 0 Å². The van der Waals surface area contributed by atoms with E-state index in [-0.39, 0.29) is 11.9 Å². The molecule has 58 valence electrons. The summed E-state index contributed by atoms with van der Waals surface area (Å²) in [5, 5.41) is 3.54. The first-order chi connectivity index (χ1) is 4.63. The number of hydrogen-bond acceptors (Lipinski definition) is 3. The molecule has 0 N–H and O–H groups in total. The van der Waals surface area contributed by atoms with E-state index < -0.39 is 0 Å². The molecule has 0 saturated carbocycles. The van der Waals surface area contributed by atoms with Crippen LogP contribution in [0.4, 0.5) is 0 Å². The Morgan fingerprint density at radius 3 is 2.30 bits per heavy atom. The predicted molar refractivity (Wildman–Crippen MR) is 38.1 cm³/mol. The third-order valence-corrected chi connectivity index (χ3v) is 1.42. The van der Waals surface area contributed by atoms with Crippen LogP contribution < -0.4 is 0 Å². The Bertz CT molecular complexity index is 136. The molecule has 0 aromatic carbocycles. The Morgan fingerprint density at radius 2 is 2.20 bits per heavy atom. The van der Waals surface area contributed by atoms with Crippen molar-refractivity contribution in [2.45, 2.75) is 33.2 Å². The third kappa shape index (κ3) is 2.13. The van der Waals surface area contributed by atoms with E-state index >= 15 is 0 Å². The molecule has 0 aliphatic rings. The summed E-state index contributed by atoms with van der Waals surface area (Å²) in [6, 6.07) is -0.0880. The molecule has 0 bridgehead atoms. The summed E-state index contributed by atoms with van der Waals surface area (Å²) < 4.78 is 0. The van der Waals surface area contributed by atoms with E-state index in [1.54, 1.807) is 6.92 Å². The van der Waals surface area contributed by atoms with Crippen LogP contribution in [0.1, 0.15) is 27.2 Å². The second-order valence-corrected chi connectivity index (χ2v) is 2.20. The molecule has 0 aliphatic heterocycles. The SMILES string of the molecule is CCC(C)N(N=O)C(C)=O. The Labute approximate surface area is 60.2 Å². The predicted octanol–water partition coefficient (Wildman–Crippen LogP) is 1.31. The van der Waals surface area contributed by atoms with Crippen molar-refractivity contribution in [3.05, 3.63) is 4.91 Å². The van der Waals surface area contributed by atoms with Crippen LogP contribution in [0.25, 0.3) is 0 Å². The van der Waals surface area contributed by atoms with Crippen molar-refractivity contribution in [3.8, 4) is 0 Å². The summed E-state index contributed by atoms with van der Waals surface area (Å²) in [4.78, 5) is 20.6. The Hall–Kier alpha value is -0.930. The lowest BCUT2D eigenvalue weighted by atomic mass is 10.2. The minimum atomic E-state index is -0.302. The summed E-state index contributed by atoms with van der Waals surface area (Å²) in [5.74, 6) is -0.302. The zero-order valence-corrected chi connectivity index (χ0v) is 6.50. The zero-order chi connectivity index (χ0) is 8.15. The first-order valence-corrected chi connectivity index (χ1v) is 3.26. The highest BCUT2D eigenvalue weighted by Crippen LogP contribution is 2.02. The average Bonchev–Trinajstić information content (AvgIpc) is 1.88. The summed E-state index contributed by atoms with van der Waals surface area (Å²) >= 11 is 0. The van der Waals surface area contributed by atoms with E-state index in [1.165, 1.54) is 6.92 Å². The number of carbonyl (C=O) groups excluding carboxylic acids is 1. The molecule has 1 atom stereocenters. The topological polar surface area (TPSA) is 49.7 Å². The highest BCUT2D eigenvalue weighted by Gasteiger charge is 2.14. The van der Waals surface area contributed by atoms with Crippen LogP contribution in [-0.4, -0.2) is 17.0 Å². The Kier molecular flexibility index (Phi) is 3.61. The van der Waals surface area contributed by atoms with Crippen molar-refractivity contribution in [2.24, 2.45) is 5.29 Å². The Balaban J connectivity index is 4.05. The van der Waals surface area contributed by atoms with Crippen LogP contribution in [0.2, 0.25) is 0 Å². The molecule has 0 fully saturated rings. The van der Waals surface area contributed by atoms with E-state index in [9.17, 15) is 9.70 Å². The molecule has 4 nitrogen and oxygen atoms in total. The third-order valence-electron chi connectivity index (χ3n) is 1.42. The molecular formula is C6H12N2O2. The van der Waals surface area contributed by atoms with Gasteiger partial charge in [-0.25, -0.2) is 0 Å². The smallest absolute Gasteiger partial charge is 0.242 e. The molecule has 0 spiro atoms. The summed E-state index contributed by atoms with van der Waals surface area (Å²) in [5.41, 5.74) is 0. The van der Waals surface area contributed by atoms with E-state index in [0.29, 0.717) is 0 Å². The van der Waals surface area contributed by atoms with Gasteiger partial charge in [0.05, 0.1) is 11.3 Å². The second kappa shape index (κ2) is 3.98. The number of nitrogens with zero attached hydrogens (tertiary/aromatic N) is 2. The van der Waals surface area contributed by atoms with Crippen molar-refractivity contribution < 1.29 is 4.79 Å². The average molecular weight is 144 g/mol. The minimum Gasteiger partial charge on any atom is -0.273 e. The van der Waals surface area contributed by atoms with Crippen LogP contribution in [-0.2, 0) is 4.79 Å². The maximum atomic E-state index is 10.6. The number of carbonyl (C=O) groups is 1. The fraction of sp³-hybridized carbons (Fsp3) is 0.833. The molecule has 0 aromatic rings. The van der Waals surface area contributed by atoms with Gasteiger partial charge >= 0.3 is 0 Å². The molecule has 0 heterocycles. The number of hydrogen-bond donors (Lipinski definition) is 0. The van der Waals surface area contributed by atoms with Gasteiger partial charge in [0.1, 0.15) is 0 Å². The first kappa shape index (κ1) is 9.07. The standard InChI is InChI=1S/C6H12N2O2/c1-4-5(2)8(7-10)6(3)9/h5H,4H2,1-3H3. The van der Waals surface area contributed by atoms with Gasteiger partial charge < -0.3 is 0 Å². The van der Waals surface area contributed by atoms with E-state index in [1.807, 2.05) is 6.92 Å².